The van der Waals surface area contributed by atoms with Crippen molar-refractivity contribution in [2.24, 2.45) is 0 Å². The average molecular weight is 438 g/mol. The SMILES string of the molecule is CC(C)=CCc1c(O)c(O)c2oc3c(c(O)cc4occc43)c(=O)c2c1CCC(C)(C)O. The van der Waals surface area contributed by atoms with Gasteiger partial charge in [0.1, 0.15) is 16.7 Å². The monoisotopic (exact) mass is 438 g/mol. The van der Waals surface area contributed by atoms with Gasteiger partial charge in [-0.05, 0) is 58.6 Å². The highest BCUT2D eigenvalue weighted by molar-refractivity contribution is 6.09. The molecular weight excluding hydrogens is 412 g/mol. The Bertz CT molecular complexity index is 1440. The maximum absolute atomic E-state index is 13.7. The molecule has 0 spiro atoms. The van der Waals surface area contributed by atoms with E-state index in [0.717, 1.165) is 5.57 Å². The third-order valence-corrected chi connectivity index (χ3v) is 5.67. The van der Waals surface area contributed by atoms with Crippen molar-refractivity contribution in [2.75, 3.05) is 0 Å². The first kappa shape index (κ1) is 21.8. The summed E-state index contributed by atoms with van der Waals surface area (Å²) >= 11 is 0. The molecule has 7 heteroatoms. The molecule has 2 heterocycles. The molecule has 4 N–H and O–H groups in total. The highest BCUT2D eigenvalue weighted by Gasteiger charge is 2.26. The van der Waals surface area contributed by atoms with E-state index in [0.29, 0.717) is 28.5 Å². The van der Waals surface area contributed by atoms with Crippen molar-refractivity contribution in [2.45, 2.75) is 52.6 Å². The second-order valence-electron chi connectivity index (χ2n) is 9.02. The van der Waals surface area contributed by atoms with Crippen molar-refractivity contribution >= 4 is 32.9 Å². The first-order chi connectivity index (χ1) is 15.0. The Labute approximate surface area is 183 Å². The van der Waals surface area contributed by atoms with Crippen LogP contribution in [0.15, 0.2) is 43.7 Å². The fourth-order valence-electron chi connectivity index (χ4n) is 3.99. The summed E-state index contributed by atoms with van der Waals surface area (Å²) in [5.74, 6) is -1.21. The lowest BCUT2D eigenvalue weighted by molar-refractivity contribution is 0.0714. The lowest BCUT2D eigenvalue weighted by Gasteiger charge is -2.20. The zero-order valence-electron chi connectivity index (χ0n) is 18.4. The summed E-state index contributed by atoms with van der Waals surface area (Å²) in [6, 6.07) is 2.95. The number of aryl methyl sites for hydroxylation is 1. The number of fused-ring (bicyclic) bond motifs is 4. The number of allylic oxidation sites excluding steroid dienone is 2. The summed E-state index contributed by atoms with van der Waals surface area (Å²) in [5.41, 5.74) is 0.530. The zero-order valence-corrected chi connectivity index (χ0v) is 18.4. The summed E-state index contributed by atoms with van der Waals surface area (Å²) in [4.78, 5) is 13.7. The van der Waals surface area contributed by atoms with Crippen LogP contribution in [0.4, 0.5) is 0 Å². The molecule has 0 aliphatic heterocycles. The Hall–Kier alpha value is -3.45. The van der Waals surface area contributed by atoms with Crippen molar-refractivity contribution in [3.63, 3.8) is 0 Å². The van der Waals surface area contributed by atoms with Gasteiger partial charge in [0.15, 0.2) is 16.9 Å². The number of phenolic OH excluding ortho intramolecular Hbond substituents is 3. The number of phenols is 3. The zero-order chi connectivity index (χ0) is 23.4. The molecule has 0 atom stereocenters. The van der Waals surface area contributed by atoms with E-state index in [1.54, 1.807) is 19.9 Å². The first-order valence-electron chi connectivity index (χ1n) is 10.4. The lowest BCUT2D eigenvalue weighted by atomic mass is 9.90. The molecular formula is C25H26O7. The van der Waals surface area contributed by atoms with Crippen molar-refractivity contribution < 1.29 is 29.3 Å². The van der Waals surface area contributed by atoms with E-state index in [1.807, 2.05) is 19.9 Å². The van der Waals surface area contributed by atoms with E-state index >= 15 is 0 Å². The summed E-state index contributed by atoms with van der Waals surface area (Å²) in [6.45, 7) is 7.13. The Kier molecular flexibility index (Phi) is 5.17. The number of aromatic hydroxyl groups is 3. The van der Waals surface area contributed by atoms with Crippen LogP contribution in [0.25, 0.3) is 32.9 Å². The highest BCUT2D eigenvalue weighted by Crippen LogP contribution is 2.43. The number of hydrogen-bond donors (Lipinski definition) is 4. The minimum Gasteiger partial charge on any atom is -0.507 e. The molecule has 0 saturated heterocycles. The summed E-state index contributed by atoms with van der Waals surface area (Å²) in [5, 5.41) is 43.0. The van der Waals surface area contributed by atoms with Gasteiger partial charge in [0.2, 0.25) is 11.2 Å². The molecule has 4 aromatic rings. The Morgan fingerprint density at radius 3 is 2.44 bits per heavy atom. The van der Waals surface area contributed by atoms with Gasteiger partial charge < -0.3 is 29.3 Å². The quantitative estimate of drug-likeness (QED) is 0.196. The third-order valence-electron chi connectivity index (χ3n) is 5.67. The molecule has 0 radical (unpaired) electrons. The topological polar surface area (TPSA) is 124 Å². The highest BCUT2D eigenvalue weighted by atomic mass is 16.4. The maximum atomic E-state index is 13.7. The van der Waals surface area contributed by atoms with Crippen LogP contribution >= 0.6 is 0 Å². The van der Waals surface area contributed by atoms with Gasteiger partial charge in [-0.1, -0.05) is 11.6 Å². The second kappa shape index (κ2) is 7.60. The van der Waals surface area contributed by atoms with Gasteiger partial charge in [-0.25, -0.2) is 0 Å². The molecule has 0 bridgehead atoms. The van der Waals surface area contributed by atoms with Crippen LogP contribution in [0.5, 0.6) is 17.2 Å². The van der Waals surface area contributed by atoms with Crippen LogP contribution in [0.3, 0.4) is 0 Å². The number of rotatable bonds is 5. The van der Waals surface area contributed by atoms with Crippen LogP contribution in [-0.2, 0) is 12.8 Å². The number of aliphatic hydroxyl groups is 1. The normalized spacial score (nSPS) is 12.2. The Morgan fingerprint density at radius 1 is 1.06 bits per heavy atom. The van der Waals surface area contributed by atoms with Crippen molar-refractivity contribution in [3.05, 3.63) is 51.4 Å². The van der Waals surface area contributed by atoms with E-state index < -0.39 is 16.8 Å². The number of benzene rings is 2. The predicted molar refractivity (Wildman–Crippen MR) is 123 cm³/mol. The molecule has 7 nitrogen and oxygen atoms in total. The summed E-state index contributed by atoms with van der Waals surface area (Å²) in [6.07, 6.45) is 4.12. The van der Waals surface area contributed by atoms with Crippen molar-refractivity contribution in [3.8, 4) is 17.2 Å². The molecule has 0 aliphatic rings. The van der Waals surface area contributed by atoms with Crippen LogP contribution in [-0.4, -0.2) is 26.0 Å². The molecule has 0 amide bonds. The Balaban J connectivity index is 2.17. The van der Waals surface area contributed by atoms with Crippen LogP contribution in [0, 0.1) is 0 Å². The Morgan fingerprint density at radius 2 is 1.78 bits per heavy atom. The molecule has 4 rings (SSSR count). The predicted octanol–water partition coefficient (Wildman–Crippen LogP) is 5.02. The van der Waals surface area contributed by atoms with Crippen molar-refractivity contribution in [1.29, 1.82) is 0 Å². The number of hydrogen-bond acceptors (Lipinski definition) is 7. The first-order valence-corrected chi connectivity index (χ1v) is 10.4. The van der Waals surface area contributed by atoms with Crippen LogP contribution in [0.1, 0.15) is 45.2 Å². The fraction of sp³-hybridized carbons (Fsp3) is 0.320. The maximum Gasteiger partial charge on any atom is 0.204 e. The van der Waals surface area contributed by atoms with Gasteiger partial charge in [0.25, 0.3) is 0 Å². The van der Waals surface area contributed by atoms with E-state index in [2.05, 4.69) is 0 Å². The molecule has 0 aliphatic carbocycles. The molecule has 2 aromatic carbocycles. The lowest BCUT2D eigenvalue weighted by Crippen LogP contribution is -2.20. The fourth-order valence-corrected chi connectivity index (χ4v) is 3.99. The molecule has 32 heavy (non-hydrogen) atoms. The van der Waals surface area contributed by atoms with Crippen LogP contribution < -0.4 is 5.43 Å². The summed E-state index contributed by atoms with van der Waals surface area (Å²) < 4.78 is 11.3. The second-order valence-corrected chi connectivity index (χ2v) is 9.02. The minimum absolute atomic E-state index is 0.0332. The van der Waals surface area contributed by atoms with Crippen LogP contribution in [0.2, 0.25) is 0 Å². The molecule has 168 valence electrons. The van der Waals surface area contributed by atoms with Gasteiger partial charge in [0.05, 0.1) is 22.6 Å². The number of furan rings is 1. The van der Waals surface area contributed by atoms with Gasteiger partial charge in [0, 0.05) is 11.6 Å². The largest absolute Gasteiger partial charge is 0.507 e. The van der Waals surface area contributed by atoms with Gasteiger partial charge >= 0.3 is 0 Å². The molecule has 0 saturated carbocycles. The van der Waals surface area contributed by atoms with Gasteiger partial charge in [-0.15, -0.1) is 0 Å². The molecule has 0 unspecified atom stereocenters. The standard InChI is InChI=1S/C25H26O7/c1-12(2)5-6-14-13(7-9-25(3,4)30)18-21(28)19-16(26)11-17-15(8-10-31-17)23(19)32-24(18)22(29)20(14)27/h5,8,10-11,26-27,29-30H,6-7,9H2,1-4H3. The van der Waals surface area contributed by atoms with E-state index in [1.165, 1.54) is 12.3 Å². The minimum atomic E-state index is -1.02. The van der Waals surface area contributed by atoms with Crippen molar-refractivity contribution in [1.82, 2.24) is 0 Å². The van der Waals surface area contributed by atoms with Gasteiger partial charge in [-0.2, -0.15) is 0 Å². The van der Waals surface area contributed by atoms with E-state index in [9.17, 15) is 25.2 Å². The third kappa shape index (κ3) is 3.58. The van der Waals surface area contributed by atoms with E-state index in [4.69, 9.17) is 8.83 Å². The smallest absolute Gasteiger partial charge is 0.204 e. The van der Waals surface area contributed by atoms with Gasteiger partial charge in [-0.3, -0.25) is 4.79 Å². The molecule has 2 aromatic heterocycles. The average Bonchev–Trinajstić information content (AvgIpc) is 3.16. The summed E-state index contributed by atoms with van der Waals surface area (Å²) in [7, 11) is 0. The van der Waals surface area contributed by atoms with E-state index in [-0.39, 0.29) is 46.3 Å². The molecule has 0 fully saturated rings.